The summed E-state index contributed by atoms with van der Waals surface area (Å²) in [4.78, 5) is 45.3. The SMILES string of the molecule is CN[C@H](C(=N)CN)[C@H]1C(=O)N(CC(=O)NC(CCCNC(=N)N)C(=O)c2nccs2)CCN1S(=O)(=O)Cc1ccccc1. The molecule has 0 bridgehead atoms. The first kappa shape index (κ1) is 33.7. The number of ketones is 1. The van der Waals surface area contributed by atoms with Gasteiger partial charge in [-0.05, 0) is 25.5 Å². The summed E-state index contributed by atoms with van der Waals surface area (Å²) in [6, 6.07) is 5.24. The van der Waals surface area contributed by atoms with Crippen LogP contribution in [0.4, 0.5) is 0 Å². The predicted molar refractivity (Wildman–Crippen MR) is 163 cm³/mol. The molecule has 1 saturated heterocycles. The molecule has 2 amide bonds. The van der Waals surface area contributed by atoms with Crippen molar-refractivity contribution in [2.24, 2.45) is 11.5 Å². The van der Waals surface area contributed by atoms with Crippen molar-refractivity contribution in [1.82, 2.24) is 30.1 Å². The number of nitrogens with zero attached hydrogens (tertiary/aromatic N) is 3. The Kier molecular flexibility index (Phi) is 12.3. The first-order chi connectivity index (χ1) is 20.5. The Morgan fingerprint density at radius 3 is 2.53 bits per heavy atom. The maximum atomic E-state index is 13.8. The van der Waals surface area contributed by atoms with Gasteiger partial charge in [0.15, 0.2) is 11.0 Å². The highest BCUT2D eigenvalue weighted by atomic mass is 32.2. The fourth-order valence-electron chi connectivity index (χ4n) is 4.78. The predicted octanol–water partition coefficient (Wildman–Crippen LogP) is -1.32. The number of carbonyl (C=O) groups excluding carboxylic acids is 3. The van der Waals surface area contributed by atoms with Crippen molar-refractivity contribution in [2.75, 3.05) is 39.8 Å². The second-order valence-electron chi connectivity index (χ2n) is 9.86. The van der Waals surface area contributed by atoms with Crippen LogP contribution in [0.2, 0.25) is 0 Å². The van der Waals surface area contributed by atoms with E-state index in [2.05, 4.69) is 20.9 Å². The van der Waals surface area contributed by atoms with Gasteiger partial charge in [0.1, 0.15) is 6.04 Å². The molecule has 1 fully saturated rings. The van der Waals surface area contributed by atoms with Gasteiger partial charge in [0.25, 0.3) is 0 Å². The van der Waals surface area contributed by atoms with Crippen LogP contribution in [0, 0.1) is 10.8 Å². The minimum absolute atomic E-state index is 0.0691. The van der Waals surface area contributed by atoms with Crippen LogP contribution >= 0.6 is 11.3 Å². The number of amides is 2. The molecule has 1 unspecified atom stereocenters. The number of hydrogen-bond donors (Lipinski definition) is 7. The summed E-state index contributed by atoms with van der Waals surface area (Å²) >= 11 is 1.13. The summed E-state index contributed by atoms with van der Waals surface area (Å²) in [7, 11) is -2.51. The number of benzene rings is 1. The van der Waals surface area contributed by atoms with Crippen LogP contribution in [0.15, 0.2) is 41.9 Å². The first-order valence-corrected chi connectivity index (χ1v) is 16.0. The van der Waals surface area contributed by atoms with E-state index in [1.54, 1.807) is 35.7 Å². The van der Waals surface area contributed by atoms with Gasteiger partial charge in [0.05, 0.1) is 24.4 Å². The van der Waals surface area contributed by atoms with Gasteiger partial charge in [-0.3, -0.25) is 19.8 Å². The second kappa shape index (κ2) is 15.6. The van der Waals surface area contributed by atoms with Gasteiger partial charge in [-0.25, -0.2) is 13.4 Å². The van der Waals surface area contributed by atoms with Gasteiger partial charge in [0.2, 0.25) is 27.6 Å². The van der Waals surface area contributed by atoms with Crippen LogP contribution < -0.4 is 27.4 Å². The Morgan fingerprint density at radius 1 is 1.21 bits per heavy atom. The van der Waals surface area contributed by atoms with Crippen molar-refractivity contribution in [2.45, 2.75) is 36.7 Å². The summed E-state index contributed by atoms with van der Waals surface area (Å²) in [6.07, 6.45) is 2.11. The van der Waals surface area contributed by atoms with Gasteiger partial charge in [0, 0.05) is 43.5 Å². The van der Waals surface area contributed by atoms with E-state index in [4.69, 9.17) is 22.3 Å². The molecular weight excluding hydrogens is 596 g/mol. The maximum Gasteiger partial charge on any atom is 0.243 e. The van der Waals surface area contributed by atoms with E-state index < -0.39 is 46.5 Å². The van der Waals surface area contributed by atoms with Crippen molar-refractivity contribution >= 4 is 50.6 Å². The Labute approximate surface area is 254 Å². The number of Topliss-reactive ketones (excluding diaryl/α,β-unsaturated/α-hetero) is 1. The fraction of sp³-hybridized carbons (Fsp3) is 0.462. The summed E-state index contributed by atoms with van der Waals surface area (Å²) in [6.45, 7) is -0.502. The molecule has 43 heavy (non-hydrogen) atoms. The van der Waals surface area contributed by atoms with E-state index in [1.807, 2.05) is 0 Å². The molecule has 1 aliphatic rings. The lowest BCUT2D eigenvalue weighted by atomic mass is 9.99. The molecule has 3 atom stereocenters. The van der Waals surface area contributed by atoms with Crippen LogP contribution in [-0.2, 0) is 25.4 Å². The third-order valence-corrected chi connectivity index (χ3v) is 9.46. The minimum Gasteiger partial charge on any atom is -0.370 e. The highest BCUT2D eigenvalue weighted by molar-refractivity contribution is 7.88. The molecule has 0 radical (unpaired) electrons. The summed E-state index contributed by atoms with van der Waals surface area (Å²) in [5, 5.41) is 25.7. The number of rotatable bonds is 16. The molecule has 0 saturated carbocycles. The quantitative estimate of drug-likeness (QED) is 0.0497. The smallest absolute Gasteiger partial charge is 0.243 e. The maximum absolute atomic E-state index is 13.8. The summed E-state index contributed by atoms with van der Waals surface area (Å²) < 4.78 is 28.2. The molecule has 1 aromatic heterocycles. The minimum atomic E-state index is -4.01. The number of sulfonamides is 1. The van der Waals surface area contributed by atoms with Crippen LogP contribution in [-0.4, -0.2) is 110 Å². The van der Waals surface area contributed by atoms with Gasteiger partial charge in [-0.15, -0.1) is 11.3 Å². The van der Waals surface area contributed by atoms with Crippen LogP contribution in [0.5, 0.6) is 0 Å². The summed E-state index contributed by atoms with van der Waals surface area (Å²) in [5.41, 5.74) is 11.5. The van der Waals surface area contributed by atoms with Gasteiger partial charge < -0.3 is 37.7 Å². The van der Waals surface area contributed by atoms with E-state index in [0.717, 1.165) is 15.6 Å². The molecule has 15 nitrogen and oxygen atoms in total. The number of nitrogens with two attached hydrogens (primary N) is 2. The van der Waals surface area contributed by atoms with Crippen LogP contribution in [0.1, 0.15) is 28.2 Å². The van der Waals surface area contributed by atoms with Crippen molar-refractivity contribution < 1.29 is 22.8 Å². The van der Waals surface area contributed by atoms with E-state index in [0.29, 0.717) is 18.5 Å². The molecule has 0 aliphatic carbocycles. The molecule has 17 heteroatoms. The molecule has 9 N–H and O–H groups in total. The number of guanidine groups is 1. The van der Waals surface area contributed by atoms with E-state index in [1.165, 1.54) is 18.1 Å². The van der Waals surface area contributed by atoms with Gasteiger partial charge in [-0.2, -0.15) is 4.31 Å². The molecule has 2 aromatic rings. The number of piperazine rings is 1. The number of likely N-dealkylation sites (N-methyl/N-ethyl adjacent to an activating group) is 1. The fourth-order valence-corrected chi connectivity index (χ4v) is 7.11. The van der Waals surface area contributed by atoms with Crippen molar-refractivity contribution in [3.63, 3.8) is 0 Å². The first-order valence-electron chi connectivity index (χ1n) is 13.6. The standard InChI is InChI=1S/C26H38N10O5S2/c1-31-21(18(28)14-27)22-25(39)35(11-12-36(22)43(40,41)16-17-6-3-2-4-7-17)15-20(37)34-19(8-5-9-33-26(29)30)23(38)24-32-10-13-42-24/h2-4,6-7,10,13,19,21-22,28,31H,5,8-9,11-12,14-16,27H2,1H3,(H,34,37)(H4,29,30,33)/t19?,21-,22+/m1/s1. The van der Waals surface area contributed by atoms with Crippen LogP contribution in [0.3, 0.4) is 0 Å². The molecule has 0 spiro atoms. The Morgan fingerprint density at radius 2 is 1.93 bits per heavy atom. The summed E-state index contributed by atoms with van der Waals surface area (Å²) in [5.74, 6) is -2.23. The zero-order chi connectivity index (χ0) is 31.6. The monoisotopic (exact) mass is 634 g/mol. The zero-order valence-corrected chi connectivity index (χ0v) is 25.4. The lowest BCUT2D eigenvalue weighted by Crippen LogP contribution is -2.67. The molecular formula is C26H38N10O5S2. The molecule has 1 aromatic carbocycles. The Bertz CT molecular complexity index is 1390. The third-order valence-electron chi connectivity index (χ3n) is 6.85. The van der Waals surface area contributed by atoms with E-state index in [-0.39, 0.29) is 54.3 Å². The number of hydrogen-bond acceptors (Lipinski definition) is 11. The number of carbonyl (C=O) groups is 3. The average molecular weight is 635 g/mol. The third kappa shape index (κ3) is 9.11. The largest absolute Gasteiger partial charge is 0.370 e. The number of aromatic nitrogens is 1. The van der Waals surface area contributed by atoms with Crippen LogP contribution in [0.25, 0.3) is 0 Å². The Hall–Kier alpha value is -3.77. The zero-order valence-electron chi connectivity index (χ0n) is 23.8. The topological polar surface area (TPSA) is 241 Å². The lowest BCUT2D eigenvalue weighted by Gasteiger charge is -2.42. The van der Waals surface area contributed by atoms with Gasteiger partial charge in [-0.1, -0.05) is 30.3 Å². The number of thiazole rings is 1. The molecule has 1 aliphatic heterocycles. The Balaban J connectivity index is 1.79. The van der Waals surface area contributed by atoms with E-state index >= 15 is 0 Å². The van der Waals surface area contributed by atoms with Gasteiger partial charge >= 0.3 is 0 Å². The highest BCUT2D eigenvalue weighted by Gasteiger charge is 2.46. The average Bonchev–Trinajstić information content (AvgIpc) is 3.51. The second-order valence-corrected chi connectivity index (χ2v) is 12.7. The number of nitrogens with one attached hydrogen (secondary N) is 5. The highest BCUT2D eigenvalue weighted by Crippen LogP contribution is 2.22. The lowest BCUT2D eigenvalue weighted by molar-refractivity contribution is -0.142. The molecule has 234 valence electrons. The van der Waals surface area contributed by atoms with Crippen molar-refractivity contribution in [1.29, 1.82) is 10.8 Å². The van der Waals surface area contributed by atoms with E-state index in [9.17, 15) is 22.8 Å². The molecule has 3 rings (SSSR count). The normalized spacial score (nSPS) is 17.2. The van der Waals surface area contributed by atoms with Crippen molar-refractivity contribution in [3.8, 4) is 0 Å². The van der Waals surface area contributed by atoms with Crippen molar-refractivity contribution in [3.05, 3.63) is 52.5 Å². The molecule has 2 heterocycles.